The van der Waals surface area contributed by atoms with Gasteiger partial charge < -0.3 is 19.9 Å². The van der Waals surface area contributed by atoms with Gasteiger partial charge >= 0.3 is 12.0 Å². The molecule has 0 aromatic heterocycles. The molecule has 0 unspecified atom stereocenters. The number of carbonyl (C=O) groups excluding carboxylic acids is 3. The topological polar surface area (TPSA) is 79.0 Å². The zero-order chi connectivity index (χ0) is 21.7. The van der Waals surface area contributed by atoms with Crippen LogP contribution in [0.3, 0.4) is 0 Å². The molecule has 1 N–H and O–H groups in total. The lowest BCUT2D eigenvalue weighted by atomic mass is 9.96. The summed E-state index contributed by atoms with van der Waals surface area (Å²) in [5.74, 6) is -0.726. The van der Waals surface area contributed by atoms with Crippen LogP contribution in [0.15, 0.2) is 30.3 Å². The van der Waals surface area contributed by atoms with E-state index in [9.17, 15) is 14.4 Å². The summed E-state index contributed by atoms with van der Waals surface area (Å²) >= 11 is 0. The number of ether oxygens (including phenoxy) is 1. The minimum atomic E-state index is -0.778. The van der Waals surface area contributed by atoms with Crippen molar-refractivity contribution in [2.24, 2.45) is 5.92 Å². The molecule has 2 heterocycles. The first-order valence-electron chi connectivity index (χ1n) is 11.0. The lowest BCUT2D eigenvalue weighted by Gasteiger charge is -2.40. The summed E-state index contributed by atoms with van der Waals surface area (Å²) in [7, 11) is 0. The predicted molar refractivity (Wildman–Crippen MR) is 115 cm³/mol. The molecule has 3 atom stereocenters. The number of urea groups is 1. The fourth-order valence-corrected chi connectivity index (χ4v) is 4.43. The summed E-state index contributed by atoms with van der Waals surface area (Å²) in [6.45, 7) is 6.75. The average Bonchev–Trinajstić information content (AvgIpc) is 2.74. The van der Waals surface area contributed by atoms with Gasteiger partial charge in [0.05, 0.1) is 5.92 Å². The molecule has 2 fully saturated rings. The average molecular weight is 416 g/mol. The number of likely N-dealkylation sites (tertiary alicyclic amines) is 2. The molecule has 7 heteroatoms. The number of hydrogen-bond acceptors (Lipinski definition) is 4. The van der Waals surface area contributed by atoms with Gasteiger partial charge in [0.2, 0.25) is 0 Å². The Kier molecular flexibility index (Phi) is 7.34. The maximum Gasteiger partial charge on any atom is 0.321 e. The quantitative estimate of drug-likeness (QED) is 0.762. The third-order valence-corrected chi connectivity index (χ3v) is 6.23. The molecule has 7 nitrogen and oxygen atoms in total. The monoisotopic (exact) mass is 415 g/mol. The summed E-state index contributed by atoms with van der Waals surface area (Å²) in [4.78, 5) is 41.4. The highest BCUT2D eigenvalue weighted by atomic mass is 16.5. The van der Waals surface area contributed by atoms with E-state index in [-0.39, 0.29) is 35.9 Å². The van der Waals surface area contributed by atoms with Gasteiger partial charge in [0, 0.05) is 30.9 Å². The van der Waals surface area contributed by atoms with E-state index >= 15 is 0 Å². The van der Waals surface area contributed by atoms with Crippen LogP contribution < -0.4 is 5.32 Å². The Balaban J connectivity index is 1.46. The van der Waals surface area contributed by atoms with Crippen LogP contribution in [0, 0.1) is 5.92 Å². The second-order valence-corrected chi connectivity index (χ2v) is 8.51. The van der Waals surface area contributed by atoms with Crippen molar-refractivity contribution in [3.63, 3.8) is 0 Å². The van der Waals surface area contributed by atoms with Crippen LogP contribution in [-0.4, -0.2) is 59.0 Å². The zero-order valence-electron chi connectivity index (χ0n) is 18.2. The molecule has 0 aliphatic carbocycles. The molecule has 2 saturated heterocycles. The summed E-state index contributed by atoms with van der Waals surface area (Å²) in [5.41, 5.74) is 0.748. The van der Waals surface area contributed by atoms with Gasteiger partial charge in [-0.2, -0.15) is 0 Å². The molecule has 2 aliphatic heterocycles. The fraction of sp³-hybridized carbons (Fsp3) is 0.609. The van der Waals surface area contributed by atoms with Crippen molar-refractivity contribution in [2.75, 3.05) is 18.4 Å². The van der Waals surface area contributed by atoms with Crippen LogP contribution in [0.1, 0.15) is 52.9 Å². The van der Waals surface area contributed by atoms with Crippen LogP contribution >= 0.6 is 0 Å². The van der Waals surface area contributed by atoms with Crippen LogP contribution in [0.5, 0.6) is 0 Å². The predicted octanol–water partition coefficient (Wildman–Crippen LogP) is 3.65. The third kappa shape index (κ3) is 5.32. The number of nitrogens with one attached hydrogen (secondary N) is 1. The van der Waals surface area contributed by atoms with Crippen LogP contribution in [-0.2, 0) is 14.3 Å². The van der Waals surface area contributed by atoms with Crippen molar-refractivity contribution < 1.29 is 19.1 Å². The van der Waals surface area contributed by atoms with E-state index in [4.69, 9.17) is 4.74 Å². The first-order valence-corrected chi connectivity index (χ1v) is 11.0. The van der Waals surface area contributed by atoms with Gasteiger partial charge in [-0.05, 0) is 65.0 Å². The maximum absolute atomic E-state index is 12.8. The van der Waals surface area contributed by atoms with E-state index in [2.05, 4.69) is 19.2 Å². The van der Waals surface area contributed by atoms with Crippen molar-refractivity contribution in [1.29, 1.82) is 0 Å². The number of anilines is 1. The summed E-state index contributed by atoms with van der Waals surface area (Å²) in [6, 6.07) is 9.49. The normalized spacial score (nSPS) is 23.6. The number of hydrogen-bond donors (Lipinski definition) is 1. The van der Waals surface area contributed by atoms with Crippen molar-refractivity contribution in [1.82, 2.24) is 9.80 Å². The molecule has 0 bridgehead atoms. The number of nitrogens with zero attached hydrogens (tertiary/aromatic N) is 2. The number of piperidine rings is 2. The Hall–Kier alpha value is -2.57. The van der Waals surface area contributed by atoms with Crippen molar-refractivity contribution in [3.05, 3.63) is 30.3 Å². The first-order chi connectivity index (χ1) is 14.4. The second-order valence-electron chi connectivity index (χ2n) is 8.51. The van der Waals surface area contributed by atoms with Crippen LogP contribution in [0.2, 0.25) is 0 Å². The highest BCUT2D eigenvalue weighted by Gasteiger charge is 2.35. The van der Waals surface area contributed by atoms with Gasteiger partial charge in [-0.25, -0.2) is 4.79 Å². The molecular formula is C23H33N3O4. The van der Waals surface area contributed by atoms with Gasteiger partial charge in [-0.1, -0.05) is 18.2 Å². The van der Waals surface area contributed by atoms with E-state index in [0.717, 1.165) is 24.9 Å². The summed E-state index contributed by atoms with van der Waals surface area (Å²) in [6.07, 6.45) is 3.40. The van der Waals surface area contributed by atoms with Crippen molar-refractivity contribution in [2.45, 2.75) is 71.1 Å². The first kappa shape index (κ1) is 22.1. The van der Waals surface area contributed by atoms with E-state index in [1.807, 2.05) is 35.2 Å². The molecular weight excluding hydrogens is 382 g/mol. The lowest BCUT2D eigenvalue weighted by molar-refractivity contribution is -0.166. The number of carbonyl (C=O) groups is 3. The number of benzene rings is 1. The molecule has 0 spiro atoms. The summed E-state index contributed by atoms with van der Waals surface area (Å²) in [5, 5.41) is 2.87. The Labute approximate surface area is 178 Å². The number of amides is 3. The van der Waals surface area contributed by atoms with Crippen LogP contribution in [0.4, 0.5) is 10.5 Å². The second kappa shape index (κ2) is 9.96. The van der Waals surface area contributed by atoms with Gasteiger partial charge in [0.15, 0.2) is 6.10 Å². The standard InChI is InChI=1S/C23H33N3O4/c1-16-8-7-9-17(2)26(16)21(27)18(3)30-22(28)19-12-14-25(15-13-19)23(29)24-20-10-5-4-6-11-20/h4-6,10-11,16-19H,7-9,12-15H2,1-3H3,(H,24,29)/t16-,17-,18-/m1/s1. The third-order valence-electron chi connectivity index (χ3n) is 6.23. The number of para-hydroxylation sites is 1. The van der Waals surface area contributed by atoms with E-state index in [1.165, 1.54) is 0 Å². The van der Waals surface area contributed by atoms with E-state index in [0.29, 0.717) is 25.9 Å². The largest absolute Gasteiger partial charge is 0.452 e. The lowest BCUT2D eigenvalue weighted by Crippen LogP contribution is -2.52. The Morgan fingerprint density at radius 3 is 2.20 bits per heavy atom. The van der Waals surface area contributed by atoms with Crippen molar-refractivity contribution in [3.8, 4) is 0 Å². The minimum Gasteiger partial charge on any atom is -0.452 e. The molecule has 30 heavy (non-hydrogen) atoms. The molecule has 0 saturated carbocycles. The molecule has 3 amide bonds. The van der Waals surface area contributed by atoms with Crippen LogP contribution in [0.25, 0.3) is 0 Å². The molecule has 2 aliphatic rings. The highest BCUT2D eigenvalue weighted by molar-refractivity contribution is 5.89. The van der Waals surface area contributed by atoms with Gasteiger partial charge in [0.25, 0.3) is 5.91 Å². The Morgan fingerprint density at radius 1 is 1.00 bits per heavy atom. The van der Waals surface area contributed by atoms with E-state index in [1.54, 1.807) is 11.8 Å². The van der Waals surface area contributed by atoms with Gasteiger partial charge in [-0.15, -0.1) is 0 Å². The molecule has 3 rings (SSSR count). The fourth-order valence-electron chi connectivity index (χ4n) is 4.43. The summed E-state index contributed by atoms with van der Waals surface area (Å²) < 4.78 is 5.54. The van der Waals surface area contributed by atoms with Gasteiger partial charge in [-0.3, -0.25) is 9.59 Å². The number of rotatable bonds is 4. The Bertz CT molecular complexity index is 736. The van der Waals surface area contributed by atoms with Gasteiger partial charge in [0.1, 0.15) is 0 Å². The molecule has 0 radical (unpaired) electrons. The minimum absolute atomic E-state index is 0.109. The number of esters is 1. The smallest absolute Gasteiger partial charge is 0.321 e. The maximum atomic E-state index is 12.8. The van der Waals surface area contributed by atoms with E-state index < -0.39 is 6.10 Å². The zero-order valence-corrected chi connectivity index (χ0v) is 18.2. The molecule has 1 aromatic rings. The highest BCUT2D eigenvalue weighted by Crippen LogP contribution is 2.25. The Morgan fingerprint density at radius 2 is 1.60 bits per heavy atom. The molecule has 164 valence electrons. The molecule has 1 aromatic carbocycles. The van der Waals surface area contributed by atoms with Crippen molar-refractivity contribution >= 4 is 23.6 Å². The SMILES string of the molecule is C[C@@H]1CCC[C@@H](C)N1C(=O)[C@@H](C)OC(=O)C1CCN(C(=O)Nc2ccccc2)CC1.